The zero-order valence-corrected chi connectivity index (χ0v) is 10.7. The molecule has 18 heavy (non-hydrogen) atoms. The Kier molecular flexibility index (Phi) is 5.09. The van der Waals surface area contributed by atoms with Gasteiger partial charge in [0.25, 0.3) is 5.91 Å². The van der Waals surface area contributed by atoms with Crippen LogP contribution in [0.1, 0.15) is 24.2 Å². The molecule has 1 unspecified atom stereocenters. The number of carbonyl (C=O) groups is 1. The number of aliphatic hydroxyl groups is 1. The number of carbonyl (C=O) groups excluding carboxylic acids is 1. The Morgan fingerprint density at radius 3 is 2.67 bits per heavy atom. The Balaban J connectivity index is 2.65. The minimum atomic E-state index is -0.614. The maximum Gasteiger partial charge on any atom is 0.251 e. The highest BCUT2D eigenvalue weighted by molar-refractivity contribution is 5.94. The highest BCUT2D eigenvalue weighted by Crippen LogP contribution is 2.17. The average molecular weight is 255 g/mol. The van der Waals surface area contributed by atoms with E-state index in [1.165, 1.54) is 19.2 Å². The van der Waals surface area contributed by atoms with E-state index < -0.39 is 17.8 Å². The summed E-state index contributed by atoms with van der Waals surface area (Å²) >= 11 is 0. The molecule has 0 aliphatic carbocycles. The van der Waals surface area contributed by atoms with E-state index in [2.05, 4.69) is 5.32 Å². The van der Waals surface area contributed by atoms with E-state index in [0.29, 0.717) is 0 Å². The van der Waals surface area contributed by atoms with Crippen molar-refractivity contribution in [3.05, 3.63) is 29.6 Å². The van der Waals surface area contributed by atoms with Crippen LogP contribution in [0.2, 0.25) is 0 Å². The van der Waals surface area contributed by atoms with Gasteiger partial charge in [0.1, 0.15) is 0 Å². The topological polar surface area (TPSA) is 58.6 Å². The molecule has 4 nitrogen and oxygen atoms in total. The standard InChI is InChI=1S/C13H18FNO3/c1-8(2)11(16)7-15-13(17)9-4-5-12(18-3)10(14)6-9/h4-6,8,11,16H,7H2,1-3H3,(H,15,17). The van der Waals surface area contributed by atoms with Gasteiger partial charge in [-0.05, 0) is 24.1 Å². The van der Waals surface area contributed by atoms with Crippen molar-refractivity contribution in [1.29, 1.82) is 0 Å². The van der Waals surface area contributed by atoms with Crippen LogP contribution in [0.4, 0.5) is 4.39 Å². The number of benzene rings is 1. The first-order valence-electron chi connectivity index (χ1n) is 5.75. The van der Waals surface area contributed by atoms with Crippen LogP contribution in [-0.2, 0) is 0 Å². The van der Waals surface area contributed by atoms with E-state index in [0.717, 1.165) is 6.07 Å². The molecule has 1 atom stereocenters. The zero-order chi connectivity index (χ0) is 13.7. The number of nitrogens with one attached hydrogen (secondary N) is 1. The molecule has 1 aromatic carbocycles. The minimum absolute atomic E-state index is 0.0536. The summed E-state index contributed by atoms with van der Waals surface area (Å²) in [4.78, 5) is 11.7. The summed E-state index contributed by atoms with van der Waals surface area (Å²) in [5.41, 5.74) is 0.198. The molecule has 100 valence electrons. The molecule has 0 heterocycles. The third kappa shape index (κ3) is 3.70. The number of amides is 1. The van der Waals surface area contributed by atoms with Crippen molar-refractivity contribution in [3.8, 4) is 5.75 Å². The van der Waals surface area contributed by atoms with Crippen LogP contribution in [0, 0.1) is 11.7 Å². The van der Waals surface area contributed by atoms with Crippen molar-refractivity contribution in [1.82, 2.24) is 5.32 Å². The summed E-state index contributed by atoms with van der Waals surface area (Å²) in [5.74, 6) is -0.863. The molecule has 0 saturated heterocycles. The second-order valence-corrected chi connectivity index (χ2v) is 4.37. The molecule has 0 fully saturated rings. The van der Waals surface area contributed by atoms with Crippen molar-refractivity contribution in [2.24, 2.45) is 5.92 Å². The summed E-state index contributed by atoms with van der Waals surface area (Å²) < 4.78 is 18.1. The predicted molar refractivity (Wildman–Crippen MR) is 66.1 cm³/mol. The summed E-state index contributed by atoms with van der Waals surface area (Å²) in [7, 11) is 1.36. The molecule has 1 rings (SSSR count). The number of hydrogen-bond acceptors (Lipinski definition) is 3. The van der Waals surface area contributed by atoms with Gasteiger partial charge in [-0.25, -0.2) is 4.39 Å². The van der Waals surface area contributed by atoms with E-state index in [1.54, 1.807) is 0 Å². The van der Waals surface area contributed by atoms with Crippen molar-refractivity contribution < 1.29 is 19.0 Å². The van der Waals surface area contributed by atoms with Crippen LogP contribution in [0.15, 0.2) is 18.2 Å². The first kappa shape index (κ1) is 14.4. The number of hydrogen-bond donors (Lipinski definition) is 2. The number of aliphatic hydroxyl groups excluding tert-OH is 1. The number of ether oxygens (including phenoxy) is 1. The van der Waals surface area contributed by atoms with Gasteiger partial charge in [0.2, 0.25) is 0 Å². The maximum absolute atomic E-state index is 13.4. The molecule has 0 radical (unpaired) electrons. The van der Waals surface area contributed by atoms with Crippen molar-refractivity contribution in [3.63, 3.8) is 0 Å². The Hall–Kier alpha value is -1.62. The monoisotopic (exact) mass is 255 g/mol. The van der Waals surface area contributed by atoms with E-state index in [-0.39, 0.29) is 23.8 Å². The molecule has 1 amide bonds. The largest absolute Gasteiger partial charge is 0.494 e. The lowest BCUT2D eigenvalue weighted by Gasteiger charge is -2.15. The van der Waals surface area contributed by atoms with Crippen LogP contribution in [0.5, 0.6) is 5.75 Å². The van der Waals surface area contributed by atoms with Crippen LogP contribution in [0.3, 0.4) is 0 Å². The lowest BCUT2D eigenvalue weighted by atomic mass is 10.1. The fraction of sp³-hybridized carbons (Fsp3) is 0.462. The number of halogens is 1. The Morgan fingerprint density at radius 1 is 1.50 bits per heavy atom. The van der Waals surface area contributed by atoms with E-state index >= 15 is 0 Å². The molecule has 2 N–H and O–H groups in total. The predicted octanol–water partition coefficient (Wildman–Crippen LogP) is 1.58. The molecule has 5 heteroatoms. The van der Waals surface area contributed by atoms with E-state index in [1.807, 2.05) is 13.8 Å². The van der Waals surface area contributed by atoms with Crippen LogP contribution >= 0.6 is 0 Å². The fourth-order valence-electron chi connectivity index (χ4n) is 1.34. The molecule has 0 aromatic heterocycles. The van der Waals surface area contributed by atoms with Gasteiger partial charge in [0, 0.05) is 12.1 Å². The highest BCUT2D eigenvalue weighted by Gasteiger charge is 2.13. The summed E-state index contributed by atoms with van der Waals surface area (Å²) in [6, 6.07) is 3.97. The molecule has 0 aliphatic heterocycles. The average Bonchev–Trinajstić information content (AvgIpc) is 2.35. The van der Waals surface area contributed by atoms with Crippen LogP contribution in [0.25, 0.3) is 0 Å². The normalized spacial score (nSPS) is 12.3. The quantitative estimate of drug-likeness (QED) is 0.840. The highest BCUT2D eigenvalue weighted by atomic mass is 19.1. The second kappa shape index (κ2) is 6.35. The fourth-order valence-corrected chi connectivity index (χ4v) is 1.34. The SMILES string of the molecule is COc1ccc(C(=O)NCC(O)C(C)C)cc1F. The lowest BCUT2D eigenvalue weighted by molar-refractivity contribution is 0.0871. The van der Waals surface area contributed by atoms with Crippen molar-refractivity contribution in [2.45, 2.75) is 20.0 Å². The molecule has 0 spiro atoms. The molecule has 1 aromatic rings. The van der Waals surface area contributed by atoms with Gasteiger partial charge in [-0.1, -0.05) is 13.8 Å². The van der Waals surface area contributed by atoms with Crippen LogP contribution < -0.4 is 10.1 Å². The molecular formula is C13H18FNO3. The van der Waals surface area contributed by atoms with Crippen LogP contribution in [-0.4, -0.2) is 30.8 Å². The van der Waals surface area contributed by atoms with Gasteiger partial charge in [-0.15, -0.1) is 0 Å². The third-order valence-electron chi connectivity index (χ3n) is 2.66. The number of methoxy groups -OCH3 is 1. The summed E-state index contributed by atoms with van der Waals surface area (Å²) in [5, 5.41) is 12.1. The van der Waals surface area contributed by atoms with Crippen molar-refractivity contribution in [2.75, 3.05) is 13.7 Å². The molecule has 0 bridgehead atoms. The zero-order valence-electron chi connectivity index (χ0n) is 10.7. The first-order chi connectivity index (χ1) is 8.45. The molecular weight excluding hydrogens is 237 g/mol. The van der Waals surface area contributed by atoms with E-state index in [9.17, 15) is 14.3 Å². The minimum Gasteiger partial charge on any atom is -0.494 e. The number of rotatable bonds is 5. The van der Waals surface area contributed by atoms with Gasteiger partial charge in [-0.3, -0.25) is 4.79 Å². The van der Waals surface area contributed by atoms with Gasteiger partial charge >= 0.3 is 0 Å². The Morgan fingerprint density at radius 2 is 2.17 bits per heavy atom. The molecule has 0 aliphatic rings. The lowest BCUT2D eigenvalue weighted by Crippen LogP contribution is -2.34. The van der Waals surface area contributed by atoms with Gasteiger partial charge in [-0.2, -0.15) is 0 Å². The smallest absolute Gasteiger partial charge is 0.251 e. The first-order valence-corrected chi connectivity index (χ1v) is 5.75. The maximum atomic E-state index is 13.4. The van der Waals surface area contributed by atoms with Crippen molar-refractivity contribution >= 4 is 5.91 Å². The Labute approximate surface area is 106 Å². The summed E-state index contributed by atoms with van der Waals surface area (Å²) in [6.07, 6.45) is -0.614. The van der Waals surface area contributed by atoms with Gasteiger partial charge in [0.15, 0.2) is 11.6 Å². The van der Waals surface area contributed by atoms with Gasteiger partial charge in [0.05, 0.1) is 13.2 Å². The third-order valence-corrected chi connectivity index (χ3v) is 2.66. The van der Waals surface area contributed by atoms with E-state index in [4.69, 9.17) is 4.74 Å². The van der Waals surface area contributed by atoms with Gasteiger partial charge < -0.3 is 15.2 Å². The Bertz CT molecular complexity index is 421. The molecule has 0 saturated carbocycles. The summed E-state index contributed by atoms with van der Waals surface area (Å²) in [6.45, 7) is 3.85. The second-order valence-electron chi connectivity index (χ2n) is 4.37.